The molecule has 3 saturated carbocycles. The third kappa shape index (κ3) is 3.45. The van der Waals surface area contributed by atoms with Gasteiger partial charge in [0.1, 0.15) is 0 Å². The van der Waals surface area contributed by atoms with Crippen molar-refractivity contribution in [3.63, 3.8) is 0 Å². The molecule has 0 saturated heterocycles. The first kappa shape index (κ1) is 22.9. The van der Waals surface area contributed by atoms with Crippen LogP contribution in [0.1, 0.15) is 113 Å². The standard InChI is InChI=1S/C29H50O/c1-19(2)10-8-11-20(3)22-13-14-23-21-12-15-25-27(4,5)16-9-17-28(25,6)24(21)18-26(30)29(22,23)7/h15,19-24,26,30H,8-14,16-18H2,1-7H3/t20-,21+,22-,23+,24+,26-,28-,29-/m1/s1. The van der Waals surface area contributed by atoms with Crippen LogP contribution in [0.4, 0.5) is 0 Å². The van der Waals surface area contributed by atoms with E-state index in [0.29, 0.717) is 22.7 Å². The quantitative estimate of drug-likeness (QED) is 0.451. The van der Waals surface area contributed by atoms with Crippen LogP contribution < -0.4 is 0 Å². The highest BCUT2D eigenvalue weighted by Crippen LogP contribution is 2.68. The Morgan fingerprint density at radius 1 is 1.00 bits per heavy atom. The first-order chi connectivity index (χ1) is 14.0. The van der Waals surface area contributed by atoms with Gasteiger partial charge in [-0.15, -0.1) is 0 Å². The summed E-state index contributed by atoms with van der Waals surface area (Å²) in [5, 5.41) is 11.7. The van der Waals surface area contributed by atoms with E-state index in [1.807, 2.05) is 0 Å². The molecule has 0 spiro atoms. The Balaban J connectivity index is 1.58. The van der Waals surface area contributed by atoms with Gasteiger partial charge in [0.2, 0.25) is 0 Å². The summed E-state index contributed by atoms with van der Waals surface area (Å²) < 4.78 is 0. The first-order valence-electron chi connectivity index (χ1n) is 13.4. The maximum Gasteiger partial charge on any atom is 0.0602 e. The van der Waals surface area contributed by atoms with Crippen LogP contribution in [0.5, 0.6) is 0 Å². The van der Waals surface area contributed by atoms with Crippen LogP contribution in [-0.2, 0) is 0 Å². The molecule has 0 radical (unpaired) electrons. The number of fused-ring (bicyclic) bond motifs is 5. The Hall–Kier alpha value is -0.300. The second-order valence-electron chi connectivity index (χ2n) is 13.5. The van der Waals surface area contributed by atoms with Crippen LogP contribution in [0.25, 0.3) is 0 Å². The fourth-order valence-corrected chi connectivity index (χ4v) is 9.47. The highest BCUT2D eigenvalue weighted by atomic mass is 16.3. The van der Waals surface area contributed by atoms with Crippen molar-refractivity contribution >= 4 is 0 Å². The molecule has 172 valence electrons. The molecular weight excluding hydrogens is 364 g/mol. The highest BCUT2D eigenvalue weighted by Gasteiger charge is 2.63. The lowest BCUT2D eigenvalue weighted by molar-refractivity contribution is -0.137. The van der Waals surface area contributed by atoms with Gasteiger partial charge >= 0.3 is 0 Å². The third-order valence-corrected chi connectivity index (χ3v) is 11.0. The first-order valence-corrected chi connectivity index (χ1v) is 13.4. The van der Waals surface area contributed by atoms with Crippen molar-refractivity contribution in [1.82, 2.24) is 0 Å². The number of rotatable bonds is 5. The largest absolute Gasteiger partial charge is 0.393 e. The van der Waals surface area contributed by atoms with Gasteiger partial charge in [0.05, 0.1) is 6.10 Å². The Kier molecular flexibility index (Phi) is 6.05. The topological polar surface area (TPSA) is 20.2 Å². The number of aliphatic hydroxyl groups excluding tert-OH is 1. The number of allylic oxidation sites excluding steroid dienone is 2. The average Bonchev–Trinajstić information content (AvgIpc) is 3.01. The number of hydrogen-bond acceptors (Lipinski definition) is 1. The molecule has 1 N–H and O–H groups in total. The van der Waals surface area contributed by atoms with Crippen LogP contribution in [0.3, 0.4) is 0 Å². The molecule has 0 aromatic heterocycles. The van der Waals surface area contributed by atoms with Gasteiger partial charge in [0.15, 0.2) is 0 Å². The van der Waals surface area contributed by atoms with E-state index in [4.69, 9.17) is 0 Å². The van der Waals surface area contributed by atoms with E-state index >= 15 is 0 Å². The van der Waals surface area contributed by atoms with Crippen LogP contribution >= 0.6 is 0 Å². The zero-order chi connectivity index (χ0) is 21.9. The van der Waals surface area contributed by atoms with Crippen LogP contribution in [0, 0.1) is 51.8 Å². The van der Waals surface area contributed by atoms with Gasteiger partial charge in [-0.2, -0.15) is 0 Å². The van der Waals surface area contributed by atoms with Gasteiger partial charge in [-0.1, -0.05) is 85.8 Å². The van der Waals surface area contributed by atoms with E-state index in [9.17, 15) is 5.11 Å². The van der Waals surface area contributed by atoms with E-state index in [-0.39, 0.29) is 11.5 Å². The molecule has 0 amide bonds. The molecule has 30 heavy (non-hydrogen) atoms. The maximum absolute atomic E-state index is 11.7. The van der Waals surface area contributed by atoms with E-state index in [1.54, 1.807) is 5.57 Å². The van der Waals surface area contributed by atoms with Crippen molar-refractivity contribution < 1.29 is 5.11 Å². The van der Waals surface area contributed by atoms with Gasteiger partial charge in [-0.05, 0) is 90.3 Å². The third-order valence-electron chi connectivity index (χ3n) is 11.0. The molecule has 0 bridgehead atoms. The lowest BCUT2D eigenvalue weighted by Crippen LogP contribution is -2.57. The van der Waals surface area contributed by atoms with Gasteiger partial charge < -0.3 is 5.11 Å². The zero-order valence-electron chi connectivity index (χ0n) is 21.1. The minimum Gasteiger partial charge on any atom is -0.393 e. The van der Waals surface area contributed by atoms with Crippen molar-refractivity contribution in [2.24, 2.45) is 51.8 Å². The Bertz CT molecular complexity index is 659. The fraction of sp³-hybridized carbons (Fsp3) is 0.931. The molecule has 0 aliphatic heterocycles. The summed E-state index contributed by atoms with van der Waals surface area (Å²) in [7, 11) is 0. The van der Waals surface area contributed by atoms with E-state index < -0.39 is 0 Å². The predicted molar refractivity (Wildman–Crippen MR) is 128 cm³/mol. The molecule has 3 fully saturated rings. The average molecular weight is 415 g/mol. The lowest BCUT2D eigenvalue weighted by Gasteiger charge is -2.61. The second kappa shape index (κ2) is 7.93. The maximum atomic E-state index is 11.7. The molecule has 0 aromatic rings. The monoisotopic (exact) mass is 414 g/mol. The van der Waals surface area contributed by atoms with E-state index in [0.717, 1.165) is 30.1 Å². The van der Waals surface area contributed by atoms with Gasteiger partial charge in [0.25, 0.3) is 0 Å². The van der Waals surface area contributed by atoms with Gasteiger partial charge in [-0.25, -0.2) is 0 Å². The summed E-state index contributed by atoms with van der Waals surface area (Å²) in [5.41, 5.74) is 2.57. The number of hydrogen-bond donors (Lipinski definition) is 1. The molecule has 0 unspecified atom stereocenters. The minimum absolute atomic E-state index is 0.106. The van der Waals surface area contributed by atoms with Gasteiger partial charge in [-0.3, -0.25) is 0 Å². The Morgan fingerprint density at radius 2 is 1.73 bits per heavy atom. The zero-order valence-corrected chi connectivity index (χ0v) is 21.1. The molecule has 1 heteroatoms. The molecular formula is C29H50O. The van der Waals surface area contributed by atoms with Crippen molar-refractivity contribution in [2.45, 2.75) is 119 Å². The number of aliphatic hydroxyl groups is 1. The van der Waals surface area contributed by atoms with Crippen molar-refractivity contribution in [2.75, 3.05) is 0 Å². The molecule has 4 aliphatic rings. The van der Waals surface area contributed by atoms with E-state index in [1.165, 1.54) is 57.8 Å². The Labute approximate surface area is 187 Å². The predicted octanol–water partition coefficient (Wildman–Crippen LogP) is 8.02. The summed E-state index contributed by atoms with van der Waals surface area (Å²) >= 11 is 0. The van der Waals surface area contributed by atoms with E-state index in [2.05, 4.69) is 54.5 Å². The molecule has 1 nitrogen and oxygen atoms in total. The van der Waals surface area contributed by atoms with Crippen LogP contribution in [0.15, 0.2) is 11.6 Å². The van der Waals surface area contributed by atoms with Crippen LogP contribution in [0.2, 0.25) is 0 Å². The molecule has 0 heterocycles. The molecule has 4 aliphatic carbocycles. The fourth-order valence-electron chi connectivity index (χ4n) is 9.47. The summed E-state index contributed by atoms with van der Waals surface area (Å²) in [6.45, 7) is 17.2. The minimum atomic E-state index is -0.106. The SMILES string of the molecule is CC(C)CCC[C@@H](C)[C@H]1CC[C@H]2[C@@H]3CC=C4C(C)(C)CCC[C@]4(C)[C@H]3C[C@@H](O)[C@]12C. The summed E-state index contributed by atoms with van der Waals surface area (Å²) in [6.07, 6.45) is 15.7. The summed E-state index contributed by atoms with van der Waals surface area (Å²) in [5.74, 6) is 4.50. The Morgan fingerprint density at radius 3 is 2.43 bits per heavy atom. The smallest absolute Gasteiger partial charge is 0.0602 e. The summed E-state index contributed by atoms with van der Waals surface area (Å²) in [6, 6.07) is 0. The second-order valence-corrected chi connectivity index (χ2v) is 13.5. The molecule has 0 aromatic carbocycles. The van der Waals surface area contributed by atoms with Crippen molar-refractivity contribution in [3.8, 4) is 0 Å². The normalized spacial score (nSPS) is 46.0. The molecule has 8 atom stereocenters. The highest BCUT2D eigenvalue weighted by molar-refractivity contribution is 5.30. The summed E-state index contributed by atoms with van der Waals surface area (Å²) in [4.78, 5) is 0. The lowest BCUT2D eigenvalue weighted by atomic mass is 9.44. The van der Waals surface area contributed by atoms with Crippen molar-refractivity contribution in [3.05, 3.63) is 11.6 Å². The molecule has 4 rings (SSSR count). The van der Waals surface area contributed by atoms with Gasteiger partial charge in [0, 0.05) is 0 Å². The van der Waals surface area contributed by atoms with Crippen molar-refractivity contribution in [1.29, 1.82) is 0 Å². The van der Waals surface area contributed by atoms with Crippen LogP contribution in [-0.4, -0.2) is 11.2 Å².